The molecule has 2 aromatic carbocycles. The van der Waals surface area contributed by atoms with Crippen LogP contribution >= 0.6 is 11.8 Å². The van der Waals surface area contributed by atoms with Gasteiger partial charge in [-0.2, -0.15) is 0 Å². The third kappa shape index (κ3) is 3.39. The van der Waals surface area contributed by atoms with E-state index < -0.39 is 10.0 Å². The Balaban J connectivity index is 1.96. The van der Waals surface area contributed by atoms with E-state index in [9.17, 15) is 8.42 Å². The highest BCUT2D eigenvalue weighted by molar-refractivity contribution is 7.99. The molecule has 1 aliphatic heterocycles. The summed E-state index contributed by atoms with van der Waals surface area (Å²) in [4.78, 5) is 1.33. The highest BCUT2D eigenvalue weighted by atomic mass is 32.2. The van der Waals surface area contributed by atoms with Gasteiger partial charge in [-0.05, 0) is 48.4 Å². The molecule has 0 saturated heterocycles. The van der Waals surface area contributed by atoms with Crippen molar-refractivity contribution in [2.24, 2.45) is 0 Å². The first-order valence-corrected chi connectivity index (χ1v) is 9.87. The second kappa shape index (κ2) is 6.55. The second-order valence-electron chi connectivity index (χ2n) is 5.50. The molecule has 2 aromatic rings. The van der Waals surface area contributed by atoms with E-state index in [0.717, 1.165) is 28.2 Å². The van der Waals surface area contributed by atoms with Gasteiger partial charge < -0.3 is 4.74 Å². The van der Waals surface area contributed by atoms with Crippen LogP contribution in [-0.2, 0) is 10.0 Å². The molecule has 0 aliphatic carbocycles. The van der Waals surface area contributed by atoms with Crippen molar-refractivity contribution >= 4 is 21.8 Å². The Morgan fingerprint density at radius 2 is 2.00 bits per heavy atom. The first kappa shape index (κ1) is 16.4. The van der Waals surface area contributed by atoms with Crippen molar-refractivity contribution in [1.29, 1.82) is 0 Å². The molecule has 23 heavy (non-hydrogen) atoms. The summed E-state index contributed by atoms with van der Waals surface area (Å²) in [5.74, 6) is 1.26. The first-order chi connectivity index (χ1) is 11.0. The minimum Gasteiger partial charge on any atom is -0.495 e. The lowest BCUT2D eigenvalue weighted by atomic mass is 10.1. The van der Waals surface area contributed by atoms with Gasteiger partial charge in [-0.25, -0.2) is 13.1 Å². The van der Waals surface area contributed by atoms with Gasteiger partial charge >= 0.3 is 0 Å². The van der Waals surface area contributed by atoms with E-state index in [1.54, 1.807) is 23.9 Å². The second-order valence-corrected chi connectivity index (χ2v) is 8.32. The van der Waals surface area contributed by atoms with Crippen LogP contribution in [0.15, 0.2) is 52.3 Å². The minimum absolute atomic E-state index is 0.190. The summed E-state index contributed by atoms with van der Waals surface area (Å²) in [6.45, 7) is 1.87. The van der Waals surface area contributed by atoms with Crippen LogP contribution < -0.4 is 9.46 Å². The Kier molecular flexibility index (Phi) is 4.66. The Hall–Kier alpha value is -1.50. The Labute approximate surface area is 141 Å². The van der Waals surface area contributed by atoms with E-state index >= 15 is 0 Å². The zero-order valence-corrected chi connectivity index (χ0v) is 14.7. The van der Waals surface area contributed by atoms with E-state index in [4.69, 9.17) is 4.74 Å². The van der Waals surface area contributed by atoms with E-state index in [2.05, 4.69) is 4.72 Å². The SMILES string of the molecule is COc1ccc(C)cc1S(=O)(=O)N[C@@H]1CCSc2ccccc21. The van der Waals surface area contributed by atoms with Crippen LogP contribution in [0, 0.1) is 6.92 Å². The molecule has 3 rings (SSSR count). The predicted octanol–water partition coefficient (Wildman–Crippen LogP) is 3.52. The largest absolute Gasteiger partial charge is 0.495 e. The van der Waals surface area contributed by atoms with E-state index in [0.29, 0.717) is 5.75 Å². The van der Waals surface area contributed by atoms with Crippen LogP contribution in [0.3, 0.4) is 0 Å². The van der Waals surface area contributed by atoms with E-state index in [1.165, 1.54) is 7.11 Å². The number of aryl methyl sites for hydroxylation is 1. The molecule has 0 fully saturated rings. The lowest BCUT2D eigenvalue weighted by molar-refractivity contribution is 0.401. The third-order valence-corrected chi connectivity index (χ3v) is 6.48. The number of nitrogens with one attached hydrogen (secondary N) is 1. The molecule has 0 saturated carbocycles. The molecule has 0 amide bonds. The van der Waals surface area contributed by atoms with Crippen molar-refractivity contribution in [3.05, 3.63) is 53.6 Å². The number of hydrogen-bond donors (Lipinski definition) is 1. The number of rotatable bonds is 4. The Morgan fingerprint density at radius 3 is 2.78 bits per heavy atom. The summed E-state index contributed by atoms with van der Waals surface area (Å²) in [5, 5.41) is 0. The maximum absolute atomic E-state index is 12.8. The summed E-state index contributed by atoms with van der Waals surface area (Å²) in [7, 11) is -2.17. The fraction of sp³-hybridized carbons (Fsp3) is 0.294. The molecule has 0 aromatic heterocycles. The summed E-state index contributed by atoms with van der Waals surface area (Å²) < 4.78 is 33.8. The van der Waals surface area contributed by atoms with Gasteiger partial charge in [0, 0.05) is 10.9 Å². The number of hydrogen-bond acceptors (Lipinski definition) is 4. The zero-order valence-electron chi connectivity index (χ0n) is 13.1. The van der Waals surface area contributed by atoms with E-state index in [-0.39, 0.29) is 10.9 Å². The van der Waals surface area contributed by atoms with Gasteiger partial charge in [0.15, 0.2) is 0 Å². The summed E-state index contributed by atoms with van der Waals surface area (Å²) in [6.07, 6.45) is 0.773. The fourth-order valence-electron chi connectivity index (χ4n) is 2.71. The van der Waals surface area contributed by atoms with Crippen LogP contribution in [0.4, 0.5) is 0 Å². The molecule has 0 spiro atoms. The summed E-state index contributed by atoms with van der Waals surface area (Å²) in [6, 6.07) is 12.9. The van der Waals surface area contributed by atoms with Crippen molar-refractivity contribution in [1.82, 2.24) is 4.72 Å². The van der Waals surface area contributed by atoms with Gasteiger partial charge in [0.1, 0.15) is 10.6 Å². The van der Waals surface area contributed by atoms with Crippen molar-refractivity contribution < 1.29 is 13.2 Å². The summed E-state index contributed by atoms with van der Waals surface area (Å²) >= 11 is 1.76. The van der Waals surface area contributed by atoms with Crippen LogP contribution in [0.25, 0.3) is 0 Å². The molecule has 6 heteroatoms. The average molecular weight is 349 g/mol. The quantitative estimate of drug-likeness (QED) is 0.918. The van der Waals surface area contributed by atoms with Crippen LogP contribution in [-0.4, -0.2) is 21.3 Å². The van der Waals surface area contributed by atoms with Crippen molar-refractivity contribution in [3.8, 4) is 5.75 Å². The highest BCUT2D eigenvalue weighted by Gasteiger charge is 2.27. The molecule has 1 aliphatic rings. The minimum atomic E-state index is -3.65. The number of ether oxygens (including phenoxy) is 1. The first-order valence-electron chi connectivity index (χ1n) is 7.40. The zero-order chi connectivity index (χ0) is 16.4. The third-order valence-electron chi connectivity index (χ3n) is 3.86. The van der Waals surface area contributed by atoms with Gasteiger partial charge in [0.2, 0.25) is 10.0 Å². The molecule has 0 radical (unpaired) electrons. The van der Waals surface area contributed by atoms with Crippen molar-refractivity contribution in [2.45, 2.75) is 29.2 Å². The monoisotopic (exact) mass is 349 g/mol. The average Bonchev–Trinajstić information content (AvgIpc) is 2.55. The lowest BCUT2D eigenvalue weighted by Crippen LogP contribution is -2.31. The lowest BCUT2D eigenvalue weighted by Gasteiger charge is -2.26. The maximum Gasteiger partial charge on any atom is 0.244 e. The summed E-state index contributed by atoms with van der Waals surface area (Å²) in [5.41, 5.74) is 1.92. The molecule has 0 bridgehead atoms. The number of thioether (sulfide) groups is 1. The molecule has 1 atom stereocenters. The van der Waals surface area contributed by atoms with E-state index in [1.807, 2.05) is 37.3 Å². The van der Waals surface area contributed by atoms with Crippen LogP contribution in [0.2, 0.25) is 0 Å². The molecule has 122 valence electrons. The molecular weight excluding hydrogens is 330 g/mol. The van der Waals surface area contributed by atoms with Crippen LogP contribution in [0.5, 0.6) is 5.75 Å². The number of sulfonamides is 1. The topological polar surface area (TPSA) is 55.4 Å². The maximum atomic E-state index is 12.8. The number of fused-ring (bicyclic) bond motifs is 1. The Bertz CT molecular complexity index is 818. The molecule has 1 heterocycles. The molecule has 0 unspecified atom stereocenters. The normalized spacial score (nSPS) is 17.6. The van der Waals surface area contributed by atoms with Crippen LogP contribution in [0.1, 0.15) is 23.6 Å². The Morgan fingerprint density at radius 1 is 1.22 bits per heavy atom. The predicted molar refractivity (Wildman–Crippen MR) is 92.6 cm³/mol. The van der Waals surface area contributed by atoms with Gasteiger partial charge in [0.05, 0.1) is 7.11 Å². The fourth-order valence-corrected chi connectivity index (χ4v) is 5.34. The molecule has 4 nitrogen and oxygen atoms in total. The standard InChI is InChI=1S/C17H19NO3S2/c1-12-7-8-15(21-2)17(11-12)23(19,20)18-14-9-10-22-16-6-4-3-5-13(14)16/h3-8,11,14,18H,9-10H2,1-2H3/t14-/m1/s1. The van der Waals surface area contributed by atoms with Gasteiger partial charge in [-0.15, -0.1) is 11.8 Å². The van der Waals surface area contributed by atoms with Gasteiger partial charge in [0.25, 0.3) is 0 Å². The van der Waals surface area contributed by atoms with Crippen molar-refractivity contribution in [2.75, 3.05) is 12.9 Å². The van der Waals surface area contributed by atoms with Gasteiger partial charge in [-0.1, -0.05) is 24.3 Å². The number of benzene rings is 2. The molecule has 1 N–H and O–H groups in total. The van der Waals surface area contributed by atoms with Gasteiger partial charge in [-0.3, -0.25) is 0 Å². The number of methoxy groups -OCH3 is 1. The highest BCUT2D eigenvalue weighted by Crippen LogP contribution is 2.37. The smallest absolute Gasteiger partial charge is 0.244 e. The van der Waals surface area contributed by atoms with Crippen molar-refractivity contribution in [3.63, 3.8) is 0 Å². The molecular formula is C17H19NO3S2.